The Morgan fingerprint density at radius 3 is 1.67 bits per heavy atom. The van der Waals surface area contributed by atoms with Crippen LogP contribution in [0.5, 0.6) is 0 Å². The minimum Gasteiger partial charge on any atom is -0.0616 e. The average Bonchev–Trinajstić information content (AvgIpc) is 3.48. The maximum absolute atomic E-state index is 2.58. The molecule has 9 aromatic carbocycles. The number of aryl methyl sites for hydroxylation is 1. The van der Waals surface area contributed by atoms with Crippen LogP contribution in [0, 0.1) is 6.92 Å². The van der Waals surface area contributed by atoms with Gasteiger partial charge < -0.3 is 0 Å². The van der Waals surface area contributed by atoms with E-state index in [4.69, 9.17) is 0 Å². The molecule has 0 unspecified atom stereocenters. The molecular weight excluding hydrogens is 589 g/mol. The van der Waals surface area contributed by atoms with Crippen molar-refractivity contribution in [1.82, 2.24) is 0 Å². The fourth-order valence-corrected chi connectivity index (χ4v) is 10.0. The van der Waals surface area contributed by atoms with E-state index in [-0.39, 0.29) is 10.8 Å². The molecule has 0 atom stereocenters. The number of benzene rings is 9. The Hall–Kier alpha value is -5.46. The van der Waals surface area contributed by atoms with Crippen molar-refractivity contribution in [1.29, 1.82) is 0 Å². The van der Waals surface area contributed by atoms with Gasteiger partial charge in [0.2, 0.25) is 0 Å². The Kier molecular flexibility index (Phi) is 5.02. The van der Waals surface area contributed by atoms with Gasteiger partial charge in [-0.05, 0) is 140 Å². The fraction of sp³-hybridized carbons (Fsp3) is 0.143. The van der Waals surface area contributed by atoms with Crippen LogP contribution in [0.25, 0.3) is 87.2 Å². The molecule has 232 valence electrons. The molecule has 9 aromatic rings. The summed E-state index contributed by atoms with van der Waals surface area (Å²) in [5.74, 6) is 0. The van der Waals surface area contributed by atoms with E-state index in [1.54, 1.807) is 0 Å². The van der Waals surface area contributed by atoms with Crippen LogP contribution in [-0.2, 0) is 10.8 Å². The number of hydrogen-bond acceptors (Lipinski definition) is 0. The molecule has 0 saturated carbocycles. The lowest BCUT2D eigenvalue weighted by atomic mass is 9.79. The van der Waals surface area contributed by atoms with E-state index in [2.05, 4.69) is 162 Å². The Labute approximate surface area is 287 Å². The van der Waals surface area contributed by atoms with Gasteiger partial charge in [0.25, 0.3) is 0 Å². The molecule has 0 radical (unpaired) electrons. The molecule has 0 saturated heterocycles. The van der Waals surface area contributed by atoms with E-state index in [1.165, 1.54) is 115 Å². The fourth-order valence-electron chi connectivity index (χ4n) is 10.0. The van der Waals surface area contributed by atoms with Crippen LogP contribution in [0.4, 0.5) is 0 Å². The average molecular weight is 625 g/mol. The first-order valence-electron chi connectivity index (χ1n) is 17.7. The minimum atomic E-state index is -0.119. The highest BCUT2D eigenvalue weighted by Crippen LogP contribution is 2.59. The van der Waals surface area contributed by atoms with Crippen molar-refractivity contribution >= 4 is 53.9 Å². The van der Waals surface area contributed by atoms with Crippen LogP contribution >= 0.6 is 0 Å². The number of rotatable bonds is 1. The zero-order chi connectivity index (χ0) is 33.0. The molecule has 0 amide bonds. The zero-order valence-corrected chi connectivity index (χ0v) is 28.6. The van der Waals surface area contributed by atoms with Gasteiger partial charge in [-0.15, -0.1) is 0 Å². The summed E-state index contributed by atoms with van der Waals surface area (Å²) in [4.78, 5) is 0. The Bertz CT molecular complexity index is 2930. The summed E-state index contributed by atoms with van der Waals surface area (Å²) in [6.45, 7) is 12.0. The van der Waals surface area contributed by atoms with Gasteiger partial charge >= 0.3 is 0 Å². The maximum atomic E-state index is 2.58. The van der Waals surface area contributed by atoms with E-state index in [9.17, 15) is 0 Å². The minimum absolute atomic E-state index is 0.0848. The summed E-state index contributed by atoms with van der Waals surface area (Å²) >= 11 is 0. The highest BCUT2D eigenvalue weighted by Gasteiger charge is 2.43. The van der Waals surface area contributed by atoms with Crippen LogP contribution in [0.3, 0.4) is 0 Å². The molecule has 0 fully saturated rings. The standard InChI is InChI=1S/C49H36/c1-27-23-42-46(35-15-9-8-13-31(27)35)38-25-41-39(26-40(38)48(42,2)3)47-37-22-18-29-17-20-34(33-16-10-12-28-11-6-7-14-32(28)33)36-21-19-30(45(37)44(29)36)24-43(47)49(41,4)5/h6-26H,1-5H3. The lowest BCUT2D eigenvalue weighted by Crippen LogP contribution is -2.17. The summed E-state index contributed by atoms with van der Waals surface area (Å²) in [5, 5.41) is 13.4. The van der Waals surface area contributed by atoms with Gasteiger partial charge in [-0.3, -0.25) is 0 Å². The SMILES string of the molecule is Cc1cc2c(c3ccccc13)-c1cc3c(cc1C2(C)C)-c1c(cc2ccc4c(-c5cccc6ccccc56)ccc5ccc1c2c54)C3(C)C. The molecule has 49 heavy (non-hydrogen) atoms. The predicted octanol–water partition coefficient (Wildman–Crippen LogP) is 13.5. The van der Waals surface area contributed by atoms with Gasteiger partial charge in [-0.25, -0.2) is 0 Å². The Balaban J connectivity index is 1.22. The van der Waals surface area contributed by atoms with Crippen molar-refractivity contribution in [3.8, 4) is 33.4 Å². The summed E-state index contributed by atoms with van der Waals surface area (Å²) in [6.07, 6.45) is 0. The van der Waals surface area contributed by atoms with E-state index >= 15 is 0 Å². The van der Waals surface area contributed by atoms with Crippen LogP contribution in [0.15, 0.2) is 127 Å². The second kappa shape index (κ2) is 8.95. The van der Waals surface area contributed by atoms with Gasteiger partial charge in [0.15, 0.2) is 0 Å². The monoisotopic (exact) mass is 624 g/mol. The molecular formula is C49H36. The van der Waals surface area contributed by atoms with Crippen molar-refractivity contribution in [2.45, 2.75) is 45.4 Å². The van der Waals surface area contributed by atoms with E-state index < -0.39 is 0 Å². The Morgan fingerprint density at radius 2 is 0.898 bits per heavy atom. The van der Waals surface area contributed by atoms with Crippen molar-refractivity contribution < 1.29 is 0 Å². The largest absolute Gasteiger partial charge is 0.0616 e. The highest BCUT2D eigenvalue weighted by molar-refractivity contribution is 6.29. The van der Waals surface area contributed by atoms with E-state index in [0.717, 1.165) is 0 Å². The predicted molar refractivity (Wildman–Crippen MR) is 210 cm³/mol. The summed E-state index contributed by atoms with van der Waals surface area (Å²) < 4.78 is 0. The van der Waals surface area contributed by atoms with Crippen molar-refractivity contribution in [2.24, 2.45) is 0 Å². The lowest BCUT2D eigenvalue weighted by molar-refractivity contribution is 0.652. The smallest absolute Gasteiger partial charge is 0.0159 e. The van der Waals surface area contributed by atoms with E-state index in [1.807, 2.05) is 0 Å². The highest BCUT2D eigenvalue weighted by atomic mass is 14.5. The van der Waals surface area contributed by atoms with Crippen molar-refractivity contribution in [3.05, 3.63) is 155 Å². The topological polar surface area (TPSA) is 0 Å². The summed E-state index contributed by atoms with van der Waals surface area (Å²) in [6, 6.07) is 48.8. The number of fused-ring (bicyclic) bond motifs is 10. The first-order chi connectivity index (χ1) is 23.7. The quantitative estimate of drug-likeness (QED) is 0.159. The van der Waals surface area contributed by atoms with Crippen molar-refractivity contribution in [3.63, 3.8) is 0 Å². The third-order valence-electron chi connectivity index (χ3n) is 12.5. The van der Waals surface area contributed by atoms with Crippen LogP contribution in [-0.4, -0.2) is 0 Å². The maximum Gasteiger partial charge on any atom is 0.0159 e. The third kappa shape index (κ3) is 3.30. The van der Waals surface area contributed by atoms with Crippen LogP contribution in [0.1, 0.15) is 55.5 Å². The van der Waals surface area contributed by atoms with Gasteiger partial charge in [0, 0.05) is 10.8 Å². The lowest BCUT2D eigenvalue weighted by Gasteiger charge is -2.24. The van der Waals surface area contributed by atoms with Gasteiger partial charge in [-0.2, -0.15) is 0 Å². The molecule has 0 aliphatic heterocycles. The molecule has 11 rings (SSSR count). The zero-order valence-electron chi connectivity index (χ0n) is 28.6. The molecule has 0 heteroatoms. The molecule has 0 aromatic heterocycles. The second-order valence-corrected chi connectivity index (χ2v) is 15.7. The van der Waals surface area contributed by atoms with E-state index in [0.29, 0.717) is 0 Å². The molecule has 0 N–H and O–H groups in total. The summed E-state index contributed by atoms with van der Waals surface area (Å²) in [7, 11) is 0. The summed E-state index contributed by atoms with van der Waals surface area (Å²) in [5.41, 5.74) is 15.2. The molecule has 0 heterocycles. The molecule has 2 aliphatic carbocycles. The van der Waals surface area contributed by atoms with Gasteiger partial charge in [-0.1, -0.05) is 137 Å². The first-order valence-corrected chi connectivity index (χ1v) is 17.7. The van der Waals surface area contributed by atoms with Gasteiger partial charge in [0.05, 0.1) is 0 Å². The first kappa shape index (κ1) is 27.5. The van der Waals surface area contributed by atoms with Crippen LogP contribution in [0.2, 0.25) is 0 Å². The molecule has 0 spiro atoms. The number of hydrogen-bond donors (Lipinski definition) is 0. The normalized spacial score (nSPS) is 15.4. The Morgan fingerprint density at radius 1 is 0.347 bits per heavy atom. The third-order valence-corrected chi connectivity index (χ3v) is 12.5. The molecule has 0 bridgehead atoms. The molecule has 2 aliphatic rings. The van der Waals surface area contributed by atoms with Crippen LogP contribution < -0.4 is 0 Å². The second-order valence-electron chi connectivity index (χ2n) is 15.7. The van der Waals surface area contributed by atoms with Gasteiger partial charge in [0.1, 0.15) is 0 Å². The van der Waals surface area contributed by atoms with Crippen molar-refractivity contribution in [2.75, 3.05) is 0 Å². The molecule has 0 nitrogen and oxygen atoms in total.